The second kappa shape index (κ2) is 8.38. The van der Waals surface area contributed by atoms with Crippen LogP contribution in [0.25, 0.3) is 0 Å². The van der Waals surface area contributed by atoms with Crippen molar-refractivity contribution in [1.29, 1.82) is 0 Å². The van der Waals surface area contributed by atoms with E-state index in [2.05, 4.69) is 43.8 Å². The summed E-state index contributed by atoms with van der Waals surface area (Å²) in [5.41, 5.74) is 7.39. The molecule has 0 aromatic carbocycles. The van der Waals surface area contributed by atoms with Crippen molar-refractivity contribution in [3.05, 3.63) is 30.1 Å². The molecule has 1 aromatic rings. The quantitative estimate of drug-likeness (QED) is 0.792. The summed E-state index contributed by atoms with van der Waals surface area (Å²) in [6, 6.07) is 4.13. The smallest absolute Gasteiger partial charge is 0.0312 e. The van der Waals surface area contributed by atoms with Gasteiger partial charge in [-0.05, 0) is 62.4 Å². The summed E-state index contributed by atoms with van der Waals surface area (Å²) in [6.07, 6.45) is 7.40. The molecular weight excluding hydrogens is 246 g/mol. The molecule has 3 heteroatoms. The minimum atomic E-state index is 0.362. The first-order valence-corrected chi connectivity index (χ1v) is 7.71. The van der Waals surface area contributed by atoms with E-state index in [-0.39, 0.29) is 0 Å². The fraction of sp³-hybridized carbons (Fsp3) is 0.706. The van der Waals surface area contributed by atoms with Crippen molar-refractivity contribution in [2.45, 2.75) is 46.6 Å². The molecule has 20 heavy (non-hydrogen) atoms. The van der Waals surface area contributed by atoms with Gasteiger partial charge in [0.2, 0.25) is 0 Å². The Labute approximate surface area is 124 Å². The largest absolute Gasteiger partial charge is 0.330 e. The van der Waals surface area contributed by atoms with Crippen LogP contribution in [-0.4, -0.2) is 30.0 Å². The van der Waals surface area contributed by atoms with Crippen LogP contribution in [0.15, 0.2) is 24.5 Å². The monoisotopic (exact) mass is 277 g/mol. The minimum Gasteiger partial charge on any atom is -0.330 e. The van der Waals surface area contributed by atoms with Crippen molar-refractivity contribution >= 4 is 0 Å². The Morgan fingerprint density at radius 1 is 1.30 bits per heavy atom. The van der Waals surface area contributed by atoms with Crippen molar-refractivity contribution in [3.63, 3.8) is 0 Å². The highest BCUT2D eigenvalue weighted by Gasteiger charge is 2.23. The molecule has 0 aliphatic carbocycles. The number of hydrogen-bond donors (Lipinski definition) is 1. The van der Waals surface area contributed by atoms with Crippen LogP contribution >= 0.6 is 0 Å². The molecule has 0 amide bonds. The zero-order chi connectivity index (χ0) is 15.0. The zero-order valence-corrected chi connectivity index (χ0v) is 13.6. The molecule has 1 aromatic heterocycles. The van der Waals surface area contributed by atoms with E-state index in [1.807, 2.05) is 18.5 Å². The minimum absolute atomic E-state index is 0.362. The van der Waals surface area contributed by atoms with Gasteiger partial charge in [-0.2, -0.15) is 0 Å². The highest BCUT2D eigenvalue weighted by molar-refractivity contribution is 5.07. The average molecular weight is 277 g/mol. The van der Waals surface area contributed by atoms with E-state index < -0.39 is 0 Å². The van der Waals surface area contributed by atoms with E-state index in [0.717, 1.165) is 32.0 Å². The van der Waals surface area contributed by atoms with Gasteiger partial charge < -0.3 is 10.6 Å². The van der Waals surface area contributed by atoms with Gasteiger partial charge in [-0.3, -0.25) is 4.98 Å². The third-order valence-corrected chi connectivity index (χ3v) is 4.01. The molecule has 0 bridgehead atoms. The maximum atomic E-state index is 5.74. The van der Waals surface area contributed by atoms with Gasteiger partial charge in [0.05, 0.1) is 0 Å². The lowest BCUT2D eigenvalue weighted by Gasteiger charge is -2.31. The summed E-state index contributed by atoms with van der Waals surface area (Å²) in [6.45, 7) is 9.89. The van der Waals surface area contributed by atoms with Gasteiger partial charge in [0.25, 0.3) is 0 Å². The van der Waals surface area contributed by atoms with Gasteiger partial charge in [0.1, 0.15) is 0 Å². The first-order chi connectivity index (χ1) is 9.43. The molecule has 0 spiro atoms. The van der Waals surface area contributed by atoms with E-state index in [9.17, 15) is 0 Å². The Morgan fingerprint density at radius 3 is 2.60 bits per heavy atom. The highest BCUT2D eigenvalue weighted by Crippen LogP contribution is 2.32. The lowest BCUT2D eigenvalue weighted by molar-refractivity contribution is 0.199. The maximum Gasteiger partial charge on any atom is 0.0312 e. The number of aromatic nitrogens is 1. The molecule has 0 radical (unpaired) electrons. The van der Waals surface area contributed by atoms with Crippen LogP contribution in [0.4, 0.5) is 0 Å². The summed E-state index contributed by atoms with van der Waals surface area (Å²) in [7, 11) is 2.18. The first kappa shape index (κ1) is 17.1. The van der Waals surface area contributed by atoms with Gasteiger partial charge in [0.15, 0.2) is 0 Å². The van der Waals surface area contributed by atoms with Crippen LogP contribution in [0.3, 0.4) is 0 Å². The fourth-order valence-electron chi connectivity index (χ4n) is 2.70. The molecule has 0 aliphatic heterocycles. The predicted molar refractivity (Wildman–Crippen MR) is 86.4 cm³/mol. The predicted octanol–water partition coefficient (Wildman–Crippen LogP) is 3.30. The molecule has 1 heterocycles. The number of hydrogen-bond acceptors (Lipinski definition) is 3. The summed E-state index contributed by atoms with van der Waals surface area (Å²) in [5.74, 6) is 0.722. The van der Waals surface area contributed by atoms with Crippen molar-refractivity contribution < 1.29 is 0 Å². The third kappa shape index (κ3) is 6.49. The van der Waals surface area contributed by atoms with E-state index in [1.54, 1.807) is 0 Å². The topological polar surface area (TPSA) is 42.1 Å². The Morgan fingerprint density at radius 2 is 2.05 bits per heavy atom. The van der Waals surface area contributed by atoms with Crippen molar-refractivity contribution in [2.24, 2.45) is 17.1 Å². The average Bonchev–Trinajstić information content (AvgIpc) is 2.37. The lowest BCUT2D eigenvalue weighted by atomic mass is 9.76. The molecular formula is C17H31N3. The summed E-state index contributed by atoms with van der Waals surface area (Å²) >= 11 is 0. The number of nitrogens with zero attached hydrogens (tertiary/aromatic N) is 2. The Hall–Kier alpha value is -0.930. The maximum absolute atomic E-state index is 5.74. The van der Waals surface area contributed by atoms with E-state index in [1.165, 1.54) is 18.4 Å². The Bertz CT molecular complexity index is 356. The van der Waals surface area contributed by atoms with Gasteiger partial charge >= 0.3 is 0 Å². The summed E-state index contributed by atoms with van der Waals surface area (Å²) in [4.78, 5) is 6.54. The van der Waals surface area contributed by atoms with E-state index in [4.69, 9.17) is 5.73 Å². The van der Waals surface area contributed by atoms with Crippen LogP contribution in [0.1, 0.15) is 45.6 Å². The molecule has 0 saturated heterocycles. The van der Waals surface area contributed by atoms with E-state index in [0.29, 0.717) is 5.41 Å². The van der Waals surface area contributed by atoms with Gasteiger partial charge in [-0.15, -0.1) is 0 Å². The molecule has 3 nitrogen and oxygen atoms in total. The van der Waals surface area contributed by atoms with Crippen LogP contribution < -0.4 is 5.73 Å². The summed E-state index contributed by atoms with van der Waals surface area (Å²) < 4.78 is 0. The highest BCUT2D eigenvalue weighted by atomic mass is 15.1. The second-order valence-electron chi connectivity index (χ2n) is 6.88. The molecule has 114 valence electrons. The van der Waals surface area contributed by atoms with Crippen molar-refractivity contribution in [1.82, 2.24) is 9.88 Å². The zero-order valence-electron chi connectivity index (χ0n) is 13.6. The van der Waals surface area contributed by atoms with Crippen molar-refractivity contribution in [2.75, 3.05) is 20.1 Å². The number of pyridine rings is 1. The van der Waals surface area contributed by atoms with Gasteiger partial charge in [-0.1, -0.05) is 26.8 Å². The molecule has 1 atom stereocenters. The van der Waals surface area contributed by atoms with Crippen molar-refractivity contribution in [3.8, 4) is 0 Å². The Kier molecular flexibility index (Phi) is 7.17. The second-order valence-corrected chi connectivity index (χ2v) is 6.88. The van der Waals surface area contributed by atoms with E-state index >= 15 is 0 Å². The molecule has 0 fully saturated rings. The molecule has 0 aliphatic rings. The molecule has 1 rings (SSSR count). The first-order valence-electron chi connectivity index (χ1n) is 7.71. The fourth-order valence-corrected chi connectivity index (χ4v) is 2.70. The number of nitrogens with two attached hydrogens (primary N) is 1. The SMILES string of the molecule is CN(CCCC(CCN)C(C)(C)C)Cc1cccnc1. The standard InChI is InChI=1S/C17H31N3/c1-17(2,3)16(9-10-18)8-6-12-20(4)14-15-7-5-11-19-13-15/h5,7,11,13,16H,6,8-10,12,14,18H2,1-4H3. The van der Waals surface area contributed by atoms with Crippen LogP contribution in [0.2, 0.25) is 0 Å². The van der Waals surface area contributed by atoms with Gasteiger partial charge in [0, 0.05) is 18.9 Å². The molecule has 2 N–H and O–H groups in total. The van der Waals surface area contributed by atoms with Crippen LogP contribution in [0.5, 0.6) is 0 Å². The molecule has 0 saturated carbocycles. The van der Waals surface area contributed by atoms with Crippen LogP contribution in [-0.2, 0) is 6.54 Å². The Balaban J connectivity index is 2.31. The van der Waals surface area contributed by atoms with Gasteiger partial charge in [-0.25, -0.2) is 0 Å². The molecule has 1 unspecified atom stereocenters. The number of rotatable bonds is 8. The normalized spacial score (nSPS) is 13.7. The van der Waals surface area contributed by atoms with Crippen LogP contribution in [0, 0.1) is 11.3 Å². The summed E-state index contributed by atoms with van der Waals surface area (Å²) in [5, 5.41) is 0. The third-order valence-electron chi connectivity index (χ3n) is 4.01. The lowest BCUT2D eigenvalue weighted by Crippen LogP contribution is -2.25.